The normalized spacial score (nSPS) is 16.9. The Bertz CT molecular complexity index is 1130. The molecule has 1 aliphatic rings. The first-order valence-corrected chi connectivity index (χ1v) is 10.8. The Morgan fingerprint density at radius 2 is 1.57 bits per heavy atom. The predicted octanol–water partition coefficient (Wildman–Crippen LogP) is 5.19. The van der Waals surface area contributed by atoms with Crippen molar-refractivity contribution in [2.45, 2.75) is 24.3 Å². The minimum absolute atomic E-state index is 0.270. The number of aryl methyl sites for hydroxylation is 1. The molecule has 0 bridgehead atoms. The van der Waals surface area contributed by atoms with Gasteiger partial charge in [0.1, 0.15) is 0 Å². The first kappa shape index (κ1) is 18.7. The van der Waals surface area contributed by atoms with Gasteiger partial charge in [-0.05, 0) is 41.8 Å². The molecule has 1 heterocycles. The SMILES string of the molecule is Cc1ccccc1S(=O)(=O)N1N=C(c2ccccc2)CC1c1ccc(Cl)cc1. The van der Waals surface area contributed by atoms with Gasteiger partial charge in [-0.1, -0.05) is 72.3 Å². The van der Waals surface area contributed by atoms with E-state index in [0.29, 0.717) is 17.0 Å². The van der Waals surface area contributed by atoms with Crippen LogP contribution in [0, 0.1) is 6.92 Å². The quantitative estimate of drug-likeness (QED) is 0.594. The van der Waals surface area contributed by atoms with Gasteiger partial charge >= 0.3 is 0 Å². The molecule has 4 rings (SSSR count). The molecular weight excluding hydrogens is 392 g/mol. The van der Waals surface area contributed by atoms with E-state index in [0.717, 1.165) is 16.8 Å². The fourth-order valence-electron chi connectivity index (χ4n) is 3.40. The smallest absolute Gasteiger partial charge is 0.200 e. The third-order valence-corrected chi connectivity index (χ3v) is 6.95. The lowest BCUT2D eigenvalue weighted by molar-refractivity contribution is 0.371. The minimum atomic E-state index is -3.80. The lowest BCUT2D eigenvalue weighted by atomic mass is 9.99. The highest BCUT2D eigenvalue weighted by atomic mass is 35.5. The molecule has 3 aromatic carbocycles. The second kappa shape index (κ2) is 7.41. The average Bonchev–Trinajstić information content (AvgIpc) is 3.16. The summed E-state index contributed by atoms with van der Waals surface area (Å²) in [4.78, 5) is 0.270. The zero-order valence-electron chi connectivity index (χ0n) is 15.3. The van der Waals surface area contributed by atoms with Crippen LogP contribution in [-0.2, 0) is 10.0 Å². The van der Waals surface area contributed by atoms with Gasteiger partial charge in [0.15, 0.2) is 0 Å². The molecular formula is C22H19ClN2O2S. The molecule has 0 N–H and O–H groups in total. The number of benzene rings is 3. The topological polar surface area (TPSA) is 49.7 Å². The number of rotatable bonds is 4. The summed E-state index contributed by atoms with van der Waals surface area (Å²) in [6.45, 7) is 1.79. The molecule has 4 nitrogen and oxygen atoms in total. The highest BCUT2D eigenvalue weighted by molar-refractivity contribution is 7.89. The zero-order valence-corrected chi connectivity index (χ0v) is 16.9. The fraction of sp³-hybridized carbons (Fsp3) is 0.136. The van der Waals surface area contributed by atoms with Crippen molar-refractivity contribution in [3.05, 3.63) is 101 Å². The third-order valence-electron chi connectivity index (χ3n) is 4.85. The molecule has 0 aromatic heterocycles. The maximum absolute atomic E-state index is 13.5. The molecule has 6 heteroatoms. The first-order chi connectivity index (χ1) is 13.5. The van der Waals surface area contributed by atoms with Crippen LogP contribution in [0.25, 0.3) is 0 Å². The Morgan fingerprint density at radius 1 is 0.929 bits per heavy atom. The van der Waals surface area contributed by atoms with E-state index in [-0.39, 0.29) is 4.90 Å². The maximum atomic E-state index is 13.5. The van der Waals surface area contributed by atoms with Gasteiger partial charge in [-0.3, -0.25) is 0 Å². The van der Waals surface area contributed by atoms with E-state index < -0.39 is 16.1 Å². The summed E-state index contributed by atoms with van der Waals surface area (Å²) >= 11 is 6.03. The molecule has 1 unspecified atom stereocenters. The van der Waals surface area contributed by atoms with E-state index >= 15 is 0 Å². The third kappa shape index (κ3) is 3.43. The molecule has 0 amide bonds. The summed E-state index contributed by atoms with van der Waals surface area (Å²) in [5, 5.41) is 5.17. The highest BCUT2D eigenvalue weighted by Crippen LogP contribution is 2.38. The number of halogens is 1. The molecule has 0 saturated carbocycles. The molecule has 3 aromatic rings. The van der Waals surface area contributed by atoms with Gasteiger partial charge in [0.25, 0.3) is 10.0 Å². The molecule has 0 fully saturated rings. The van der Waals surface area contributed by atoms with Gasteiger partial charge in [-0.15, -0.1) is 0 Å². The predicted molar refractivity (Wildman–Crippen MR) is 112 cm³/mol. The summed E-state index contributed by atoms with van der Waals surface area (Å²) in [5.41, 5.74) is 3.22. The number of hydrazone groups is 1. The van der Waals surface area contributed by atoms with Crippen LogP contribution in [0.15, 0.2) is 88.9 Å². The van der Waals surface area contributed by atoms with Crippen molar-refractivity contribution in [3.63, 3.8) is 0 Å². The molecule has 142 valence electrons. The zero-order chi connectivity index (χ0) is 19.7. The van der Waals surface area contributed by atoms with E-state index in [1.807, 2.05) is 48.5 Å². The number of sulfonamides is 1. The van der Waals surface area contributed by atoms with E-state index in [2.05, 4.69) is 5.10 Å². The van der Waals surface area contributed by atoms with Crippen molar-refractivity contribution in [3.8, 4) is 0 Å². The van der Waals surface area contributed by atoms with Crippen molar-refractivity contribution in [2.24, 2.45) is 5.10 Å². The lowest BCUT2D eigenvalue weighted by Gasteiger charge is -2.24. The second-order valence-corrected chi connectivity index (χ2v) is 8.93. The van der Waals surface area contributed by atoms with Crippen LogP contribution in [0.3, 0.4) is 0 Å². The van der Waals surface area contributed by atoms with E-state index in [4.69, 9.17) is 11.6 Å². The molecule has 28 heavy (non-hydrogen) atoms. The van der Waals surface area contributed by atoms with E-state index in [1.54, 1.807) is 37.3 Å². The molecule has 0 spiro atoms. The largest absolute Gasteiger partial charge is 0.279 e. The van der Waals surface area contributed by atoms with Crippen molar-refractivity contribution in [2.75, 3.05) is 0 Å². The monoisotopic (exact) mass is 410 g/mol. The summed E-state index contributed by atoms with van der Waals surface area (Å²) < 4.78 is 28.2. The first-order valence-electron chi connectivity index (χ1n) is 8.95. The van der Waals surface area contributed by atoms with Crippen molar-refractivity contribution in [1.82, 2.24) is 4.41 Å². The Balaban J connectivity index is 1.82. The summed E-state index contributed by atoms with van der Waals surface area (Å²) in [7, 11) is -3.80. The second-order valence-electron chi connectivity index (χ2n) is 6.73. The Kier molecular flexibility index (Phi) is 4.96. The van der Waals surface area contributed by atoms with E-state index in [9.17, 15) is 8.42 Å². The van der Waals surface area contributed by atoms with Crippen molar-refractivity contribution < 1.29 is 8.42 Å². The number of hydrogen-bond acceptors (Lipinski definition) is 3. The summed E-state index contributed by atoms with van der Waals surface area (Å²) in [6.07, 6.45) is 0.497. The van der Waals surface area contributed by atoms with Crippen LogP contribution in [-0.4, -0.2) is 18.5 Å². The van der Waals surface area contributed by atoms with Crippen LogP contribution >= 0.6 is 11.6 Å². The van der Waals surface area contributed by atoms with Crippen LogP contribution in [0.1, 0.15) is 29.2 Å². The minimum Gasteiger partial charge on any atom is -0.200 e. The number of hydrogen-bond donors (Lipinski definition) is 0. The Hall–Kier alpha value is -2.63. The molecule has 0 saturated heterocycles. The highest BCUT2D eigenvalue weighted by Gasteiger charge is 2.38. The Labute approximate surface area is 170 Å². The van der Waals surface area contributed by atoms with Crippen LogP contribution in [0.5, 0.6) is 0 Å². The molecule has 0 aliphatic carbocycles. The Morgan fingerprint density at radius 3 is 2.25 bits per heavy atom. The van der Waals surface area contributed by atoms with Crippen molar-refractivity contribution in [1.29, 1.82) is 0 Å². The standard InChI is InChI=1S/C22H19ClN2O2S/c1-16-7-5-6-10-22(16)28(26,27)25-21(18-11-13-19(23)14-12-18)15-20(24-25)17-8-3-2-4-9-17/h2-14,21H,15H2,1H3. The van der Waals surface area contributed by atoms with Crippen molar-refractivity contribution >= 4 is 27.3 Å². The molecule has 0 radical (unpaired) electrons. The van der Waals surface area contributed by atoms with Gasteiger partial charge < -0.3 is 0 Å². The van der Waals surface area contributed by atoms with Gasteiger partial charge in [-0.25, -0.2) is 0 Å². The van der Waals surface area contributed by atoms with Gasteiger partial charge in [0.05, 0.1) is 16.6 Å². The van der Waals surface area contributed by atoms with Gasteiger partial charge in [0, 0.05) is 11.4 Å². The number of nitrogens with zero attached hydrogens (tertiary/aromatic N) is 2. The van der Waals surface area contributed by atoms with Crippen LogP contribution in [0.2, 0.25) is 5.02 Å². The van der Waals surface area contributed by atoms with Crippen LogP contribution in [0.4, 0.5) is 0 Å². The lowest BCUT2D eigenvalue weighted by Crippen LogP contribution is -2.27. The fourth-order valence-corrected chi connectivity index (χ4v) is 5.19. The van der Waals surface area contributed by atoms with Gasteiger partial charge in [0.2, 0.25) is 0 Å². The van der Waals surface area contributed by atoms with Crippen LogP contribution < -0.4 is 0 Å². The summed E-state index contributed by atoms with van der Waals surface area (Å²) in [6, 6.07) is 23.5. The summed E-state index contributed by atoms with van der Waals surface area (Å²) in [5.74, 6) is 0. The van der Waals surface area contributed by atoms with E-state index in [1.165, 1.54) is 4.41 Å². The molecule has 1 atom stereocenters. The molecule has 1 aliphatic heterocycles. The average molecular weight is 411 g/mol. The maximum Gasteiger partial charge on any atom is 0.279 e. The van der Waals surface area contributed by atoms with Gasteiger partial charge in [-0.2, -0.15) is 17.9 Å².